The van der Waals surface area contributed by atoms with Crippen LogP contribution in [0.4, 0.5) is 10.8 Å². The van der Waals surface area contributed by atoms with Gasteiger partial charge in [-0.1, -0.05) is 0 Å². The molecule has 6 nitrogen and oxygen atoms in total. The van der Waals surface area contributed by atoms with Gasteiger partial charge in [0.2, 0.25) is 5.91 Å². The molecular formula is C12H13N3O3S2. The predicted molar refractivity (Wildman–Crippen MR) is 78.4 cm³/mol. The topological polar surface area (TPSA) is 79.4 Å². The molecule has 0 radical (unpaired) electrons. The normalized spacial score (nSPS) is 11.1. The molecule has 0 atom stereocenters. The number of nitrogens with zero attached hydrogens (tertiary/aromatic N) is 2. The first-order chi connectivity index (χ1) is 9.41. The Morgan fingerprint density at radius 3 is 2.45 bits per heavy atom. The number of rotatable bonds is 4. The third-order valence-corrected chi connectivity index (χ3v) is 5.25. The van der Waals surface area contributed by atoms with Crippen molar-refractivity contribution in [2.24, 2.45) is 0 Å². The number of sulfonamides is 1. The number of thiazole rings is 1. The maximum Gasteiger partial charge on any atom is 0.265 e. The van der Waals surface area contributed by atoms with E-state index in [0.29, 0.717) is 10.8 Å². The summed E-state index contributed by atoms with van der Waals surface area (Å²) < 4.78 is 25.9. The molecular weight excluding hydrogens is 298 g/mol. The highest BCUT2D eigenvalue weighted by Crippen LogP contribution is 2.24. The van der Waals surface area contributed by atoms with E-state index in [9.17, 15) is 13.2 Å². The predicted octanol–water partition coefficient (Wildman–Crippen LogP) is 1.93. The minimum atomic E-state index is -3.64. The monoisotopic (exact) mass is 311 g/mol. The van der Waals surface area contributed by atoms with Gasteiger partial charge in [0.15, 0.2) is 5.13 Å². The first-order valence-electron chi connectivity index (χ1n) is 5.67. The zero-order valence-electron chi connectivity index (χ0n) is 10.9. The summed E-state index contributed by atoms with van der Waals surface area (Å²) in [6.45, 7) is 1.39. The van der Waals surface area contributed by atoms with Crippen LogP contribution in [-0.2, 0) is 14.8 Å². The lowest BCUT2D eigenvalue weighted by molar-refractivity contribution is -0.114. The Balaban J connectivity index is 2.28. The maximum absolute atomic E-state index is 12.4. The van der Waals surface area contributed by atoms with Gasteiger partial charge in [-0.3, -0.25) is 4.79 Å². The van der Waals surface area contributed by atoms with Gasteiger partial charge >= 0.3 is 0 Å². The number of amides is 1. The molecule has 1 aromatic carbocycles. The average molecular weight is 311 g/mol. The Morgan fingerprint density at radius 2 is 1.95 bits per heavy atom. The molecule has 0 bridgehead atoms. The number of carbonyl (C=O) groups excluding carboxylic acids is 1. The van der Waals surface area contributed by atoms with Crippen molar-refractivity contribution in [1.82, 2.24) is 4.98 Å². The third kappa shape index (κ3) is 2.97. The number of hydrogen-bond donors (Lipinski definition) is 1. The molecule has 1 N–H and O–H groups in total. The fourth-order valence-corrected chi connectivity index (χ4v) is 3.53. The second-order valence-electron chi connectivity index (χ2n) is 3.99. The summed E-state index contributed by atoms with van der Waals surface area (Å²) in [5.74, 6) is -0.208. The number of hydrogen-bond acceptors (Lipinski definition) is 5. The summed E-state index contributed by atoms with van der Waals surface area (Å²) in [5, 5.41) is 4.69. The number of carbonyl (C=O) groups is 1. The number of aromatic nitrogens is 1. The van der Waals surface area contributed by atoms with E-state index < -0.39 is 10.0 Å². The number of nitrogens with one attached hydrogen (secondary N) is 1. The lowest BCUT2D eigenvalue weighted by Crippen LogP contribution is -2.26. The van der Waals surface area contributed by atoms with E-state index in [-0.39, 0.29) is 10.8 Å². The van der Waals surface area contributed by atoms with Gasteiger partial charge in [-0.25, -0.2) is 17.7 Å². The van der Waals surface area contributed by atoms with Gasteiger partial charge in [-0.15, -0.1) is 11.3 Å². The highest BCUT2D eigenvalue weighted by atomic mass is 32.2. The molecule has 1 heterocycles. The summed E-state index contributed by atoms with van der Waals surface area (Å²) >= 11 is 1.24. The molecule has 2 rings (SSSR count). The van der Waals surface area contributed by atoms with Crippen molar-refractivity contribution in [3.8, 4) is 0 Å². The fourth-order valence-electron chi connectivity index (χ4n) is 1.55. The summed E-state index contributed by atoms with van der Waals surface area (Å²) in [7, 11) is -2.18. The zero-order valence-corrected chi connectivity index (χ0v) is 12.5. The van der Waals surface area contributed by atoms with E-state index in [1.165, 1.54) is 37.4 Å². The highest BCUT2D eigenvalue weighted by Gasteiger charge is 2.22. The molecule has 106 valence electrons. The molecule has 0 aliphatic heterocycles. The van der Waals surface area contributed by atoms with Gasteiger partial charge in [0.1, 0.15) is 0 Å². The summed E-state index contributed by atoms with van der Waals surface area (Å²) in [5.41, 5.74) is 0.549. The van der Waals surface area contributed by atoms with E-state index in [1.807, 2.05) is 0 Å². The highest BCUT2D eigenvalue weighted by molar-refractivity contribution is 7.93. The molecule has 8 heteroatoms. The van der Waals surface area contributed by atoms with Crippen LogP contribution in [0, 0.1) is 0 Å². The molecule has 0 saturated heterocycles. The van der Waals surface area contributed by atoms with Crippen LogP contribution in [0.25, 0.3) is 0 Å². The molecule has 0 saturated carbocycles. The summed E-state index contributed by atoms with van der Waals surface area (Å²) in [4.78, 5) is 15.0. The van der Waals surface area contributed by atoms with Crippen molar-refractivity contribution in [2.45, 2.75) is 11.8 Å². The minimum absolute atomic E-state index is 0.143. The second kappa shape index (κ2) is 5.59. The van der Waals surface area contributed by atoms with E-state index >= 15 is 0 Å². The lowest BCUT2D eigenvalue weighted by atomic mass is 10.3. The number of benzene rings is 1. The molecule has 0 aliphatic carbocycles. The van der Waals surface area contributed by atoms with E-state index in [4.69, 9.17) is 0 Å². The summed E-state index contributed by atoms with van der Waals surface area (Å²) in [6, 6.07) is 5.99. The maximum atomic E-state index is 12.4. The van der Waals surface area contributed by atoms with Gasteiger partial charge in [0.05, 0.1) is 4.90 Å². The molecule has 20 heavy (non-hydrogen) atoms. The van der Waals surface area contributed by atoms with E-state index in [0.717, 1.165) is 4.31 Å². The van der Waals surface area contributed by atoms with Crippen LogP contribution in [-0.4, -0.2) is 26.4 Å². The molecule has 1 amide bonds. The average Bonchev–Trinajstić information content (AvgIpc) is 2.91. The van der Waals surface area contributed by atoms with Crippen LogP contribution in [0.3, 0.4) is 0 Å². The Morgan fingerprint density at radius 1 is 1.30 bits per heavy atom. The van der Waals surface area contributed by atoms with Crippen molar-refractivity contribution >= 4 is 38.1 Å². The van der Waals surface area contributed by atoms with Crippen LogP contribution in [0.15, 0.2) is 40.7 Å². The van der Waals surface area contributed by atoms with E-state index in [2.05, 4.69) is 10.3 Å². The minimum Gasteiger partial charge on any atom is -0.326 e. The van der Waals surface area contributed by atoms with Gasteiger partial charge in [0.25, 0.3) is 10.0 Å². The molecule has 0 aliphatic rings. The van der Waals surface area contributed by atoms with E-state index in [1.54, 1.807) is 23.7 Å². The molecule has 1 aromatic heterocycles. The molecule has 0 fully saturated rings. The second-order valence-corrected chi connectivity index (χ2v) is 6.84. The quantitative estimate of drug-likeness (QED) is 0.935. The van der Waals surface area contributed by atoms with Gasteiger partial charge in [-0.05, 0) is 24.3 Å². The smallest absolute Gasteiger partial charge is 0.265 e. The van der Waals surface area contributed by atoms with Crippen LogP contribution >= 0.6 is 11.3 Å². The van der Waals surface area contributed by atoms with Crippen molar-refractivity contribution in [1.29, 1.82) is 0 Å². The van der Waals surface area contributed by atoms with Crippen LogP contribution in [0.1, 0.15) is 6.92 Å². The van der Waals surface area contributed by atoms with Gasteiger partial charge in [-0.2, -0.15) is 0 Å². The van der Waals surface area contributed by atoms with Crippen molar-refractivity contribution in [3.05, 3.63) is 35.8 Å². The molecule has 2 aromatic rings. The Kier molecular flexibility index (Phi) is 4.05. The number of anilines is 2. The van der Waals surface area contributed by atoms with Crippen LogP contribution < -0.4 is 9.62 Å². The first-order valence-corrected chi connectivity index (χ1v) is 7.99. The summed E-state index contributed by atoms with van der Waals surface area (Å²) in [6.07, 6.45) is 1.55. The fraction of sp³-hybridized carbons (Fsp3) is 0.167. The van der Waals surface area contributed by atoms with Crippen molar-refractivity contribution in [3.63, 3.8) is 0 Å². The standard InChI is InChI=1S/C12H13N3O3S2/c1-9(16)14-10-3-5-11(6-4-10)20(17,18)15(2)12-13-7-8-19-12/h3-8H,1-2H3,(H,14,16). The van der Waals surface area contributed by atoms with Crippen LogP contribution in [0.2, 0.25) is 0 Å². The van der Waals surface area contributed by atoms with Gasteiger partial charge in [0, 0.05) is 31.2 Å². The first kappa shape index (κ1) is 14.5. The Hall–Kier alpha value is -1.93. The van der Waals surface area contributed by atoms with Gasteiger partial charge < -0.3 is 5.32 Å². The van der Waals surface area contributed by atoms with Crippen LogP contribution in [0.5, 0.6) is 0 Å². The van der Waals surface area contributed by atoms with Crippen molar-refractivity contribution in [2.75, 3.05) is 16.7 Å². The Bertz CT molecular complexity index is 694. The Labute approximate surface area is 121 Å². The largest absolute Gasteiger partial charge is 0.326 e. The zero-order chi connectivity index (χ0) is 14.8. The third-order valence-electron chi connectivity index (χ3n) is 2.52. The molecule has 0 spiro atoms. The molecule has 0 unspecified atom stereocenters. The SMILES string of the molecule is CC(=O)Nc1ccc(S(=O)(=O)N(C)c2nccs2)cc1. The van der Waals surface area contributed by atoms with Crippen molar-refractivity contribution < 1.29 is 13.2 Å². The lowest BCUT2D eigenvalue weighted by Gasteiger charge is -2.16.